The summed E-state index contributed by atoms with van der Waals surface area (Å²) < 4.78 is 15.2. The third kappa shape index (κ3) is 5.80. The molecule has 1 aliphatic carbocycles. The molecule has 0 radical (unpaired) electrons. The smallest absolute Gasteiger partial charge is 0.327 e. The number of tetrazole rings is 1. The lowest BCUT2D eigenvalue weighted by Crippen LogP contribution is -2.41. The number of halogens is 1. The highest BCUT2D eigenvalue weighted by molar-refractivity contribution is 5.97. The number of hydrogen-bond donors (Lipinski definition) is 4. The largest absolute Gasteiger partial charge is 0.480 e. The van der Waals surface area contributed by atoms with E-state index in [9.17, 15) is 24.3 Å². The molecule has 1 aliphatic rings. The summed E-state index contributed by atoms with van der Waals surface area (Å²) in [4.78, 5) is 57.7. The summed E-state index contributed by atoms with van der Waals surface area (Å²) in [6.45, 7) is 1.22. The highest BCUT2D eigenvalue weighted by Crippen LogP contribution is 2.39. The van der Waals surface area contributed by atoms with E-state index in [0.29, 0.717) is 22.4 Å². The van der Waals surface area contributed by atoms with Gasteiger partial charge in [0.25, 0.3) is 11.5 Å². The van der Waals surface area contributed by atoms with Crippen molar-refractivity contribution >= 4 is 34.4 Å². The van der Waals surface area contributed by atoms with E-state index in [0.717, 1.165) is 28.8 Å². The van der Waals surface area contributed by atoms with Crippen molar-refractivity contribution < 1.29 is 29.0 Å². The van der Waals surface area contributed by atoms with E-state index in [2.05, 4.69) is 30.7 Å². The van der Waals surface area contributed by atoms with Gasteiger partial charge in [0.15, 0.2) is 12.4 Å². The van der Waals surface area contributed by atoms with Crippen molar-refractivity contribution in [1.82, 2.24) is 35.5 Å². The monoisotopic (exact) mass is 578 g/mol. The molecule has 2 aromatic carbocycles. The van der Waals surface area contributed by atoms with Crippen molar-refractivity contribution in [2.45, 2.75) is 51.2 Å². The van der Waals surface area contributed by atoms with Crippen molar-refractivity contribution in [3.8, 4) is 0 Å². The second-order valence-corrected chi connectivity index (χ2v) is 10.1. The van der Waals surface area contributed by atoms with Gasteiger partial charge in [0.2, 0.25) is 0 Å². The highest BCUT2D eigenvalue weighted by atomic mass is 19.1. The van der Waals surface area contributed by atoms with E-state index in [1.54, 1.807) is 20.0 Å². The van der Waals surface area contributed by atoms with E-state index in [1.807, 2.05) is 17.0 Å². The molecule has 0 bridgehead atoms. The fourth-order valence-electron chi connectivity index (χ4n) is 5.16. The SMILES string of the molecule is Cc1nc2cc3c(cc2c(=O)[nH]1)C(N(C)c1ccc(C(=O)N[C@@H](CCc2nnn(CC(=O)O)n2)C(=O)O)c(F)c1)CC3. The summed E-state index contributed by atoms with van der Waals surface area (Å²) >= 11 is 0. The Balaban J connectivity index is 1.28. The Hall–Kier alpha value is -5.21. The van der Waals surface area contributed by atoms with Gasteiger partial charge in [0, 0.05) is 19.2 Å². The fraction of sp³-hybridized carbons (Fsp3) is 0.333. The summed E-state index contributed by atoms with van der Waals surface area (Å²) in [7, 11) is 1.80. The van der Waals surface area contributed by atoms with Crippen LogP contribution in [-0.4, -0.2) is 71.3 Å². The van der Waals surface area contributed by atoms with Gasteiger partial charge in [0.05, 0.1) is 22.5 Å². The molecule has 2 aromatic heterocycles. The summed E-state index contributed by atoms with van der Waals surface area (Å²) in [5, 5.41) is 32.3. The molecule has 1 amide bonds. The average Bonchev–Trinajstić information content (AvgIpc) is 3.55. The van der Waals surface area contributed by atoms with Crippen molar-refractivity contribution in [2.75, 3.05) is 11.9 Å². The molecule has 0 fully saturated rings. The predicted octanol–water partition coefficient (Wildman–Crippen LogP) is 1.38. The van der Waals surface area contributed by atoms with Crippen LogP contribution in [0.3, 0.4) is 0 Å². The molecule has 0 saturated carbocycles. The molecule has 0 saturated heterocycles. The maximum absolute atomic E-state index is 15.2. The minimum absolute atomic E-state index is 0.0111. The third-order valence-electron chi connectivity index (χ3n) is 7.23. The maximum atomic E-state index is 15.2. The van der Waals surface area contributed by atoms with E-state index in [-0.39, 0.29) is 35.8 Å². The second kappa shape index (κ2) is 11.3. The molecule has 42 heavy (non-hydrogen) atoms. The number of benzene rings is 2. The lowest BCUT2D eigenvalue weighted by atomic mass is 10.0. The van der Waals surface area contributed by atoms with Crippen molar-refractivity contribution in [3.05, 3.63) is 74.8 Å². The number of nitrogens with zero attached hydrogens (tertiary/aromatic N) is 6. The van der Waals surface area contributed by atoms with Crippen LogP contribution >= 0.6 is 0 Å². The number of H-pyrrole nitrogens is 1. The summed E-state index contributed by atoms with van der Waals surface area (Å²) in [5.74, 6) is -3.60. The molecular weight excluding hydrogens is 551 g/mol. The molecule has 4 N–H and O–H groups in total. The van der Waals surface area contributed by atoms with Gasteiger partial charge in [-0.15, -0.1) is 10.2 Å². The topological polar surface area (TPSA) is 196 Å². The van der Waals surface area contributed by atoms with Crippen LogP contribution in [0.15, 0.2) is 35.1 Å². The Morgan fingerprint density at radius 2 is 2.02 bits per heavy atom. The average molecular weight is 579 g/mol. The number of carbonyl (C=O) groups excluding carboxylic acids is 1. The van der Waals surface area contributed by atoms with E-state index in [4.69, 9.17) is 5.11 Å². The first-order valence-electron chi connectivity index (χ1n) is 13.1. The second-order valence-electron chi connectivity index (χ2n) is 10.1. The molecule has 0 spiro atoms. The van der Waals surface area contributed by atoms with Crippen molar-refractivity contribution in [1.29, 1.82) is 0 Å². The maximum Gasteiger partial charge on any atom is 0.327 e. The quantitative estimate of drug-likeness (QED) is 0.212. The number of carboxylic acid groups (broad SMARTS) is 2. The van der Waals surface area contributed by atoms with Crippen LogP contribution in [0.25, 0.3) is 10.9 Å². The number of aryl methyl sites for hydroxylation is 3. The Labute approximate surface area is 237 Å². The summed E-state index contributed by atoms with van der Waals surface area (Å²) in [6, 6.07) is 6.32. The molecule has 15 heteroatoms. The van der Waals surface area contributed by atoms with E-state index >= 15 is 4.39 Å². The molecule has 4 aromatic rings. The number of anilines is 1. The standard InChI is InChI=1S/C27H27FN8O6/c1-13-29-21-9-14-3-7-22(17(14)11-18(21)26(40)30-13)35(2)15-4-5-16(19(28)10-15)25(39)31-20(27(41)42)6-8-23-32-34-36(33-23)12-24(37)38/h4-5,9-11,20,22H,3,6-8,12H2,1-2H3,(H,31,39)(H,37,38)(H,41,42)(H,29,30,40)/t20-,22?/m0/s1. The number of hydrogen-bond acceptors (Lipinski definition) is 9. The molecule has 1 unspecified atom stereocenters. The minimum Gasteiger partial charge on any atom is -0.480 e. The Morgan fingerprint density at radius 1 is 1.24 bits per heavy atom. The van der Waals surface area contributed by atoms with Crippen molar-refractivity contribution in [3.63, 3.8) is 0 Å². The van der Waals surface area contributed by atoms with Crippen molar-refractivity contribution in [2.24, 2.45) is 0 Å². The van der Waals surface area contributed by atoms with Crippen LogP contribution in [0.2, 0.25) is 0 Å². The van der Waals surface area contributed by atoms with Gasteiger partial charge in [-0.2, -0.15) is 4.80 Å². The van der Waals surface area contributed by atoms with Gasteiger partial charge >= 0.3 is 11.9 Å². The zero-order valence-electron chi connectivity index (χ0n) is 22.7. The van der Waals surface area contributed by atoms with Gasteiger partial charge in [-0.05, 0) is 72.9 Å². The molecule has 218 valence electrons. The van der Waals surface area contributed by atoms with Gasteiger partial charge in [-0.25, -0.2) is 14.2 Å². The van der Waals surface area contributed by atoms with Crippen LogP contribution in [0.1, 0.15) is 52.0 Å². The molecular formula is C27H27FN8O6. The minimum atomic E-state index is -1.38. The fourth-order valence-corrected chi connectivity index (χ4v) is 5.16. The highest BCUT2D eigenvalue weighted by Gasteiger charge is 2.29. The first-order chi connectivity index (χ1) is 20.0. The zero-order valence-corrected chi connectivity index (χ0v) is 22.7. The van der Waals surface area contributed by atoms with E-state index in [1.165, 1.54) is 12.1 Å². The normalized spacial score (nSPS) is 14.9. The number of aromatic amines is 1. The third-order valence-corrected chi connectivity index (χ3v) is 7.23. The number of amides is 1. The van der Waals surface area contributed by atoms with Crippen LogP contribution in [-0.2, 0) is 29.0 Å². The number of nitrogens with one attached hydrogen (secondary N) is 2. The summed E-state index contributed by atoms with van der Waals surface area (Å²) in [6.07, 6.45) is 1.36. The van der Waals surface area contributed by atoms with E-state index < -0.39 is 36.2 Å². The van der Waals surface area contributed by atoms with Gasteiger partial charge in [-0.1, -0.05) is 0 Å². The molecule has 5 rings (SSSR count). The van der Waals surface area contributed by atoms with Gasteiger partial charge in [-0.3, -0.25) is 14.4 Å². The molecule has 14 nitrogen and oxygen atoms in total. The van der Waals surface area contributed by atoms with Crippen LogP contribution in [0, 0.1) is 12.7 Å². The van der Waals surface area contributed by atoms with Crippen LogP contribution < -0.4 is 15.8 Å². The first kappa shape index (κ1) is 28.3. The van der Waals surface area contributed by atoms with Gasteiger partial charge < -0.3 is 25.4 Å². The Kier molecular flexibility index (Phi) is 7.65. The molecule has 2 atom stereocenters. The lowest BCUT2D eigenvalue weighted by molar-refractivity contribution is -0.139. The number of aromatic nitrogens is 6. The number of aliphatic carboxylic acids is 2. The van der Waals surface area contributed by atoms with Crippen LogP contribution in [0.5, 0.6) is 0 Å². The lowest BCUT2D eigenvalue weighted by Gasteiger charge is -2.28. The number of carbonyl (C=O) groups is 3. The Morgan fingerprint density at radius 3 is 2.74 bits per heavy atom. The number of rotatable bonds is 10. The molecule has 0 aliphatic heterocycles. The van der Waals surface area contributed by atoms with Gasteiger partial charge in [0.1, 0.15) is 17.7 Å². The Bertz CT molecular complexity index is 1770. The number of fused-ring (bicyclic) bond motifs is 2. The van der Waals surface area contributed by atoms with Crippen LogP contribution in [0.4, 0.5) is 10.1 Å². The zero-order chi connectivity index (χ0) is 30.1. The first-order valence-corrected chi connectivity index (χ1v) is 13.1. The molecule has 2 heterocycles. The summed E-state index contributed by atoms with van der Waals surface area (Å²) in [5.41, 5.74) is 2.59. The number of carboxylic acids is 2. The predicted molar refractivity (Wildman–Crippen MR) is 146 cm³/mol.